The minimum absolute atomic E-state index is 0.928. The van der Waals surface area contributed by atoms with Crippen molar-refractivity contribution in [1.29, 1.82) is 0 Å². The van der Waals surface area contributed by atoms with Crippen LogP contribution in [0.1, 0.15) is 0 Å². The van der Waals surface area contributed by atoms with Crippen LogP contribution < -0.4 is 0 Å². The van der Waals surface area contributed by atoms with E-state index in [9.17, 15) is 0 Å². The van der Waals surface area contributed by atoms with Crippen molar-refractivity contribution in [3.8, 4) is 50.6 Å². The fourth-order valence-electron chi connectivity index (χ4n) is 7.55. The van der Waals surface area contributed by atoms with E-state index in [4.69, 9.17) is 9.97 Å². The first-order chi connectivity index (χ1) is 25.3. The molecule has 238 valence electrons. The molecule has 2 heterocycles. The average Bonchev–Trinajstić information content (AvgIpc) is 3.60. The van der Waals surface area contributed by atoms with Crippen LogP contribution in [-0.4, -0.2) is 14.5 Å². The van der Waals surface area contributed by atoms with Gasteiger partial charge in [-0.3, -0.25) is 4.57 Å². The fourth-order valence-corrected chi connectivity index (χ4v) is 7.55. The quantitative estimate of drug-likeness (QED) is 0.186. The first-order valence-corrected chi connectivity index (χ1v) is 17.3. The zero-order chi connectivity index (χ0) is 33.7. The monoisotopic (exact) mass is 649 g/mol. The Balaban J connectivity index is 1.18. The molecule has 0 saturated heterocycles. The number of nitrogens with zero attached hydrogens (tertiary/aromatic N) is 3. The molecule has 3 nitrogen and oxygen atoms in total. The van der Waals surface area contributed by atoms with Crippen LogP contribution in [0.15, 0.2) is 188 Å². The Kier molecular flexibility index (Phi) is 6.81. The van der Waals surface area contributed by atoms with Gasteiger partial charge in [0, 0.05) is 22.2 Å². The van der Waals surface area contributed by atoms with E-state index in [0.717, 1.165) is 61.4 Å². The molecule has 0 saturated carbocycles. The number of hydrogen-bond acceptors (Lipinski definition) is 2. The van der Waals surface area contributed by atoms with E-state index in [0.29, 0.717) is 0 Å². The number of rotatable bonds is 5. The van der Waals surface area contributed by atoms with Crippen LogP contribution in [0.2, 0.25) is 0 Å². The summed E-state index contributed by atoms with van der Waals surface area (Å²) in [7, 11) is 0. The van der Waals surface area contributed by atoms with E-state index in [1.54, 1.807) is 0 Å². The zero-order valence-corrected chi connectivity index (χ0v) is 27.7. The van der Waals surface area contributed by atoms with Crippen molar-refractivity contribution in [2.75, 3.05) is 0 Å². The van der Waals surface area contributed by atoms with E-state index >= 15 is 0 Å². The molecule has 0 aliphatic carbocycles. The van der Waals surface area contributed by atoms with E-state index in [1.165, 1.54) is 32.7 Å². The van der Waals surface area contributed by atoms with Crippen molar-refractivity contribution in [2.24, 2.45) is 0 Å². The number of pyridine rings is 1. The Morgan fingerprint density at radius 3 is 1.76 bits per heavy atom. The van der Waals surface area contributed by atoms with E-state index in [1.807, 2.05) is 12.1 Å². The molecule has 8 aromatic carbocycles. The number of imidazole rings is 1. The summed E-state index contributed by atoms with van der Waals surface area (Å²) in [6.45, 7) is 0. The molecular formula is C48H31N3. The molecular weight excluding hydrogens is 619 g/mol. The third kappa shape index (κ3) is 4.98. The topological polar surface area (TPSA) is 30.7 Å². The van der Waals surface area contributed by atoms with Gasteiger partial charge in [0.2, 0.25) is 0 Å². The highest BCUT2D eigenvalue weighted by Gasteiger charge is 2.17. The van der Waals surface area contributed by atoms with Gasteiger partial charge in [0.25, 0.3) is 0 Å². The van der Waals surface area contributed by atoms with Gasteiger partial charge in [0.1, 0.15) is 5.82 Å². The van der Waals surface area contributed by atoms with Crippen LogP contribution >= 0.6 is 0 Å². The lowest BCUT2D eigenvalue weighted by atomic mass is 9.93. The van der Waals surface area contributed by atoms with Crippen molar-refractivity contribution in [3.63, 3.8) is 0 Å². The molecule has 0 spiro atoms. The summed E-state index contributed by atoms with van der Waals surface area (Å²) < 4.78 is 2.26. The molecule has 0 amide bonds. The maximum absolute atomic E-state index is 5.30. The standard InChI is InChI=1S/C48H31N3/c1-2-14-35(15-3-1)48-50-45-22-8-9-23-47(45)51(48)37-27-24-34(25-28-37)42-31-46(41-21-11-17-33-13-5-7-19-39(33)41)49-44-29-26-36(30-43(42)44)40-20-10-16-32-12-4-6-18-38(32)40/h1-31H. The second kappa shape index (κ2) is 11.9. The van der Waals surface area contributed by atoms with Crippen molar-refractivity contribution in [1.82, 2.24) is 14.5 Å². The molecule has 3 heteroatoms. The van der Waals surface area contributed by atoms with Crippen LogP contribution in [-0.2, 0) is 0 Å². The van der Waals surface area contributed by atoms with E-state index in [-0.39, 0.29) is 0 Å². The second-order valence-corrected chi connectivity index (χ2v) is 13.0. The first kappa shape index (κ1) is 29.1. The summed E-state index contributed by atoms with van der Waals surface area (Å²) in [6.07, 6.45) is 0. The van der Waals surface area contributed by atoms with Gasteiger partial charge < -0.3 is 0 Å². The normalized spacial score (nSPS) is 11.5. The van der Waals surface area contributed by atoms with Gasteiger partial charge in [-0.05, 0) is 86.3 Å². The molecule has 0 unspecified atom stereocenters. The molecule has 10 rings (SSSR count). The SMILES string of the molecule is c1ccc(-c2nc3ccccc3n2-c2ccc(-c3cc(-c4cccc5ccccc45)nc4ccc(-c5cccc6ccccc56)cc34)cc2)cc1. The molecule has 0 fully saturated rings. The summed E-state index contributed by atoms with van der Waals surface area (Å²) in [4.78, 5) is 10.4. The summed E-state index contributed by atoms with van der Waals surface area (Å²) in [5, 5.41) is 6.00. The summed E-state index contributed by atoms with van der Waals surface area (Å²) >= 11 is 0. The maximum atomic E-state index is 5.30. The van der Waals surface area contributed by atoms with Crippen LogP contribution in [0.5, 0.6) is 0 Å². The summed E-state index contributed by atoms with van der Waals surface area (Å²) in [5.74, 6) is 0.928. The van der Waals surface area contributed by atoms with Crippen LogP contribution in [0.4, 0.5) is 0 Å². The Hall–Kier alpha value is -6.84. The molecule has 2 aromatic heterocycles. The van der Waals surface area contributed by atoms with Crippen molar-refractivity contribution in [3.05, 3.63) is 188 Å². The van der Waals surface area contributed by atoms with Crippen molar-refractivity contribution < 1.29 is 0 Å². The number of para-hydroxylation sites is 2. The van der Waals surface area contributed by atoms with Gasteiger partial charge in [0.05, 0.1) is 22.2 Å². The Labute approximate surface area is 295 Å². The van der Waals surface area contributed by atoms with Gasteiger partial charge in [-0.15, -0.1) is 0 Å². The lowest BCUT2D eigenvalue weighted by Crippen LogP contribution is -1.98. The average molecular weight is 650 g/mol. The molecule has 51 heavy (non-hydrogen) atoms. The highest BCUT2D eigenvalue weighted by atomic mass is 15.1. The minimum Gasteiger partial charge on any atom is -0.292 e. The fraction of sp³-hybridized carbons (Fsp3) is 0. The molecule has 10 aromatic rings. The third-order valence-electron chi connectivity index (χ3n) is 10.0. The van der Waals surface area contributed by atoms with E-state index < -0.39 is 0 Å². The number of benzene rings is 8. The largest absolute Gasteiger partial charge is 0.292 e. The third-order valence-corrected chi connectivity index (χ3v) is 10.0. The Morgan fingerprint density at radius 1 is 0.353 bits per heavy atom. The van der Waals surface area contributed by atoms with Gasteiger partial charge in [0.15, 0.2) is 0 Å². The van der Waals surface area contributed by atoms with Gasteiger partial charge in [-0.1, -0.05) is 146 Å². The van der Waals surface area contributed by atoms with Crippen LogP contribution in [0.3, 0.4) is 0 Å². The number of hydrogen-bond donors (Lipinski definition) is 0. The highest BCUT2D eigenvalue weighted by Crippen LogP contribution is 2.39. The zero-order valence-electron chi connectivity index (χ0n) is 27.7. The van der Waals surface area contributed by atoms with Crippen molar-refractivity contribution in [2.45, 2.75) is 0 Å². The highest BCUT2D eigenvalue weighted by molar-refractivity contribution is 6.04. The Morgan fingerprint density at radius 2 is 0.980 bits per heavy atom. The van der Waals surface area contributed by atoms with Crippen LogP contribution in [0, 0.1) is 0 Å². The number of fused-ring (bicyclic) bond motifs is 4. The first-order valence-electron chi connectivity index (χ1n) is 17.3. The smallest absolute Gasteiger partial charge is 0.145 e. The van der Waals surface area contributed by atoms with Gasteiger partial charge in [-0.25, -0.2) is 9.97 Å². The molecule has 0 aliphatic rings. The lowest BCUT2D eigenvalue weighted by Gasteiger charge is -2.15. The maximum Gasteiger partial charge on any atom is 0.145 e. The second-order valence-electron chi connectivity index (χ2n) is 13.0. The predicted molar refractivity (Wildman–Crippen MR) is 213 cm³/mol. The lowest BCUT2D eigenvalue weighted by molar-refractivity contribution is 1.10. The van der Waals surface area contributed by atoms with Gasteiger partial charge >= 0.3 is 0 Å². The molecule has 0 bridgehead atoms. The molecule has 0 atom stereocenters. The summed E-state index contributed by atoms with van der Waals surface area (Å²) in [6, 6.07) is 66.8. The Bertz CT molecular complexity index is 2890. The molecule has 0 radical (unpaired) electrons. The molecule has 0 N–H and O–H groups in total. The minimum atomic E-state index is 0.928. The number of aromatic nitrogens is 3. The summed E-state index contributed by atoms with van der Waals surface area (Å²) in [5.41, 5.74) is 11.9. The van der Waals surface area contributed by atoms with Crippen LogP contribution in [0.25, 0.3) is 94.1 Å². The van der Waals surface area contributed by atoms with E-state index in [2.05, 4.69) is 180 Å². The molecule has 0 aliphatic heterocycles. The predicted octanol–water partition coefficient (Wildman–Crippen LogP) is 12.5. The van der Waals surface area contributed by atoms with Crippen molar-refractivity contribution >= 4 is 43.5 Å². The van der Waals surface area contributed by atoms with Gasteiger partial charge in [-0.2, -0.15) is 0 Å².